The molecule has 9 rings (SSSR count). The Morgan fingerprint density at radius 3 is 1.52 bits per heavy atom. The fraction of sp³-hybridized carbons (Fsp3) is 0.143. The quantitative estimate of drug-likeness (QED) is 0.0917. The molecule has 0 amide bonds. The molecule has 0 bridgehead atoms. The third-order valence-electron chi connectivity index (χ3n) is 10.6. The maximum atomic E-state index is 11.7. The van der Waals surface area contributed by atoms with Crippen molar-refractivity contribution < 1.29 is 50.3 Å². The largest absolute Gasteiger partial charge is 0.508 e. The van der Waals surface area contributed by atoms with Crippen LogP contribution in [-0.2, 0) is 6.42 Å². The molecule has 2 aliphatic heterocycles. The van der Waals surface area contributed by atoms with Crippen LogP contribution < -0.4 is 9.47 Å². The summed E-state index contributed by atoms with van der Waals surface area (Å²) in [6.07, 6.45) is -1.16. The van der Waals surface area contributed by atoms with Crippen LogP contribution in [0.4, 0.5) is 0 Å². The molecule has 3 aliphatic rings. The van der Waals surface area contributed by atoms with Gasteiger partial charge in [-0.15, -0.1) is 0 Å². The van der Waals surface area contributed by atoms with Crippen molar-refractivity contribution in [1.82, 2.24) is 0 Å². The Kier molecular flexibility index (Phi) is 6.88. The summed E-state index contributed by atoms with van der Waals surface area (Å²) in [6, 6.07) is 26.6. The van der Waals surface area contributed by atoms with Crippen molar-refractivity contribution in [2.45, 2.75) is 36.4 Å². The van der Waals surface area contributed by atoms with Gasteiger partial charge in [-0.3, -0.25) is 0 Å². The zero-order chi connectivity index (χ0) is 36.0. The summed E-state index contributed by atoms with van der Waals surface area (Å²) in [5.74, 6) is -1.76. The van der Waals surface area contributed by atoms with Gasteiger partial charge in [0.05, 0.1) is 11.8 Å². The summed E-state index contributed by atoms with van der Waals surface area (Å²) in [5.41, 5.74) is 5.73. The van der Waals surface area contributed by atoms with Crippen LogP contribution in [0.2, 0.25) is 0 Å². The van der Waals surface area contributed by atoms with E-state index in [1.165, 1.54) is 24.3 Å². The molecule has 1 aliphatic carbocycles. The lowest BCUT2D eigenvalue weighted by atomic mass is 9.77. The van der Waals surface area contributed by atoms with Gasteiger partial charge in [0.15, 0.2) is 0 Å². The first-order valence-corrected chi connectivity index (χ1v) is 16.8. The van der Waals surface area contributed by atoms with Crippen molar-refractivity contribution in [3.63, 3.8) is 0 Å². The first-order chi connectivity index (χ1) is 25.0. The molecule has 6 aromatic rings. The number of phenolic OH excluding ortho intramolecular Hbond substituents is 8. The number of ether oxygens (including phenoxy) is 2. The third kappa shape index (κ3) is 4.86. The van der Waals surface area contributed by atoms with Crippen molar-refractivity contribution in [1.29, 1.82) is 0 Å². The number of hydrogen-bond acceptors (Lipinski definition) is 10. The summed E-state index contributed by atoms with van der Waals surface area (Å²) in [6.45, 7) is 0. The molecule has 260 valence electrons. The third-order valence-corrected chi connectivity index (χ3v) is 10.6. The molecular formula is C42H32O10. The molecule has 10 heteroatoms. The van der Waals surface area contributed by atoms with Crippen LogP contribution in [0.3, 0.4) is 0 Å². The molecular weight excluding hydrogens is 664 g/mol. The minimum Gasteiger partial charge on any atom is -0.508 e. The molecule has 0 saturated carbocycles. The minimum absolute atomic E-state index is 0.0734. The summed E-state index contributed by atoms with van der Waals surface area (Å²) >= 11 is 0. The molecule has 0 spiro atoms. The van der Waals surface area contributed by atoms with Crippen molar-refractivity contribution in [2.75, 3.05) is 0 Å². The van der Waals surface area contributed by atoms with Crippen LogP contribution in [0.15, 0.2) is 103 Å². The van der Waals surface area contributed by atoms with Crippen molar-refractivity contribution in [3.8, 4) is 57.5 Å². The van der Waals surface area contributed by atoms with E-state index in [4.69, 9.17) is 9.47 Å². The predicted molar refractivity (Wildman–Crippen MR) is 188 cm³/mol. The van der Waals surface area contributed by atoms with Gasteiger partial charge in [0, 0.05) is 52.4 Å². The van der Waals surface area contributed by atoms with Gasteiger partial charge < -0.3 is 50.3 Å². The molecule has 8 N–H and O–H groups in total. The van der Waals surface area contributed by atoms with Crippen LogP contribution in [0, 0.1) is 0 Å². The summed E-state index contributed by atoms with van der Waals surface area (Å²) in [5, 5.41) is 85.8. The molecule has 2 heterocycles. The molecule has 0 saturated heterocycles. The van der Waals surface area contributed by atoms with E-state index in [9.17, 15) is 40.9 Å². The van der Waals surface area contributed by atoms with Gasteiger partial charge >= 0.3 is 0 Å². The summed E-state index contributed by atoms with van der Waals surface area (Å²) < 4.78 is 13.5. The zero-order valence-corrected chi connectivity index (χ0v) is 27.3. The van der Waals surface area contributed by atoms with Gasteiger partial charge in [-0.2, -0.15) is 0 Å². The maximum absolute atomic E-state index is 11.7. The first kappa shape index (κ1) is 31.3. The lowest BCUT2D eigenvalue weighted by molar-refractivity contribution is 0.212. The predicted octanol–water partition coefficient (Wildman–Crippen LogP) is 7.55. The summed E-state index contributed by atoms with van der Waals surface area (Å²) in [4.78, 5) is 0. The monoisotopic (exact) mass is 696 g/mol. The van der Waals surface area contributed by atoms with Gasteiger partial charge in [0.2, 0.25) is 0 Å². The van der Waals surface area contributed by atoms with Crippen LogP contribution >= 0.6 is 0 Å². The standard InChI is InChI=1S/C42H32O10/c43-22-5-1-19(2-6-22)41-36(21-11-25(46)13-26(47)12-21)38-31-17-29(28-10-9-24(45)15-32(28)49)37-30(14-27(48)16-33(37)50)40-39(31)35(18-34(38)51-41)52-42(40)20-3-7-23(44)8-4-20/h1-16,18,29,36,40-50H,17H2/t29-,36+,40-,41-,42+/m0/s1. The average Bonchev–Trinajstić information content (AvgIpc) is 3.62. The Morgan fingerprint density at radius 2 is 0.923 bits per heavy atom. The second kappa shape index (κ2) is 11.4. The van der Waals surface area contributed by atoms with Crippen LogP contribution in [0.5, 0.6) is 57.5 Å². The Labute approximate surface area is 296 Å². The normalized spacial score (nSPS) is 21.0. The van der Waals surface area contributed by atoms with Crippen molar-refractivity contribution in [3.05, 3.63) is 153 Å². The van der Waals surface area contributed by atoms with Crippen LogP contribution in [-0.4, -0.2) is 40.9 Å². The molecule has 0 unspecified atom stereocenters. The molecule has 6 aromatic carbocycles. The highest BCUT2D eigenvalue weighted by molar-refractivity contribution is 5.69. The highest BCUT2D eigenvalue weighted by Crippen LogP contribution is 2.63. The first-order valence-electron chi connectivity index (χ1n) is 16.8. The SMILES string of the molecule is Oc1ccc([C@H]2Oc3cc4c(c5c3[C@@H]2c2cc(O)cc(O)c2[C@H](c2ccc(O)cc2O)C5)[C@@H](c2cc(O)cc(O)c2)[C@H](c2ccc(O)cc2)O4)cc1. The fourth-order valence-electron chi connectivity index (χ4n) is 8.51. The van der Waals surface area contributed by atoms with E-state index in [1.54, 1.807) is 72.8 Å². The number of rotatable bonds is 4. The number of benzene rings is 6. The van der Waals surface area contributed by atoms with E-state index >= 15 is 0 Å². The van der Waals surface area contributed by atoms with Crippen molar-refractivity contribution in [2.24, 2.45) is 0 Å². The average molecular weight is 697 g/mol. The van der Waals surface area contributed by atoms with Crippen LogP contribution in [0.1, 0.15) is 80.0 Å². The van der Waals surface area contributed by atoms with Crippen molar-refractivity contribution >= 4 is 0 Å². The zero-order valence-electron chi connectivity index (χ0n) is 27.3. The van der Waals surface area contributed by atoms with Gasteiger partial charge in [0.1, 0.15) is 69.7 Å². The number of aromatic hydroxyl groups is 8. The van der Waals surface area contributed by atoms with Gasteiger partial charge in [-0.05, 0) is 82.8 Å². The van der Waals surface area contributed by atoms with E-state index < -0.39 is 30.0 Å². The lowest BCUT2D eigenvalue weighted by Gasteiger charge is -2.25. The number of phenols is 8. The smallest absolute Gasteiger partial charge is 0.135 e. The highest BCUT2D eigenvalue weighted by atomic mass is 16.5. The Bertz CT molecular complexity index is 2380. The molecule has 0 aromatic heterocycles. The number of fused-ring (bicyclic) bond motifs is 4. The lowest BCUT2D eigenvalue weighted by Crippen LogP contribution is -2.14. The molecule has 10 nitrogen and oxygen atoms in total. The van der Waals surface area contributed by atoms with Gasteiger partial charge in [-0.25, -0.2) is 0 Å². The molecule has 0 radical (unpaired) electrons. The van der Waals surface area contributed by atoms with E-state index in [0.717, 1.165) is 27.8 Å². The Balaban J connectivity index is 1.36. The molecule has 52 heavy (non-hydrogen) atoms. The Hall–Kier alpha value is -6.68. The second-order valence-corrected chi connectivity index (χ2v) is 13.6. The second-order valence-electron chi connectivity index (χ2n) is 13.6. The Morgan fingerprint density at radius 1 is 0.404 bits per heavy atom. The van der Waals surface area contributed by atoms with E-state index in [-0.39, 0.29) is 52.4 Å². The van der Waals surface area contributed by atoms with Gasteiger partial charge in [0.25, 0.3) is 0 Å². The number of hydrogen-bond donors (Lipinski definition) is 8. The van der Waals surface area contributed by atoms with Gasteiger partial charge in [-0.1, -0.05) is 30.3 Å². The molecule has 0 fully saturated rings. The van der Waals surface area contributed by atoms with E-state index in [0.29, 0.717) is 33.8 Å². The summed E-state index contributed by atoms with van der Waals surface area (Å²) in [7, 11) is 0. The van der Waals surface area contributed by atoms with E-state index in [2.05, 4.69) is 0 Å². The maximum Gasteiger partial charge on any atom is 0.135 e. The topological polar surface area (TPSA) is 180 Å². The minimum atomic E-state index is -0.705. The fourth-order valence-corrected chi connectivity index (χ4v) is 8.51. The molecule has 5 atom stereocenters. The highest BCUT2D eigenvalue weighted by Gasteiger charge is 2.49. The van der Waals surface area contributed by atoms with Crippen LogP contribution in [0.25, 0.3) is 0 Å². The van der Waals surface area contributed by atoms with E-state index in [1.807, 2.05) is 6.07 Å².